The number of amides is 1. The van der Waals surface area contributed by atoms with Crippen LogP contribution in [0.5, 0.6) is 0 Å². The van der Waals surface area contributed by atoms with Crippen LogP contribution in [-0.2, 0) is 9.53 Å². The van der Waals surface area contributed by atoms with Gasteiger partial charge in [-0.25, -0.2) is 4.79 Å². The van der Waals surface area contributed by atoms with Gasteiger partial charge in [0.25, 0.3) is 5.91 Å². The summed E-state index contributed by atoms with van der Waals surface area (Å²) in [4.78, 5) is 28.3. The fourth-order valence-corrected chi connectivity index (χ4v) is 2.49. The van der Waals surface area contributed by atoms with Crippen LogP contribution in [-0.4, -0.2) is 29.5 Å². The van der Waals surface area contributed by atoms with Crippen molar-refractivity contribution < 1.29 is 14.3 Å². The first-order chi connectivity index (χ1) is 11.0. The number of esters is 1. The fourth-order valence-electron chi connectivity index (χ4n) is 2.49. The molecule has 0 bridgehead atoms. The molecule has 0 radical (unpaired) electrons. The number of carbonyl (C=O) groups is 2. The maximum Gasteiger partial charge on any atom is 0.331 e. The predicted molar refractivity (Wildman–Crippen MR) is 85.9 cm³/mol. The van der Waals surface area contributed by atoms with E-state index in [1.807, 2.05) is 31.2 Å². The number of benzene rings is 1. The zero-order chi connectivity index (χ0) is 16.4. The number of hydrogen-bond acceptors (Lipinski definition) is 4. The molecule has 2 aromatic rings. The number of hydrogen-bond donors (Lipinski definition) is 1. The molecule has 1 heterocycles. The Balaban J connectivity index is 1.75. The van der Waals surface area contributed by atoms with Crippen LogP contribution >= 0.6 is 0 Å². The highest BCUT2D eigenvalue weighted by Crippen LogP contribution is 2.36. The second kappa shape index (κ2) is 5.83. The minimum absolute atomic E-state index is 0.309. The van der Waals surface area contributed by atoms with E-state index in [2.05, 4.69) is 10.3 Å². The fraction of sp³-hybridized carbons (Fsp3) is 0.278. The molecule has 1 saturated carbocycles. The largest absolute Gasteiger partial charge is 0.467 e. The normalized spacial score (nSPS) is 14.9. The number of aryl methyl sites for hydroxylation is 1. The van der Waals surface area contributed by atoms with Gasteiger partial charge in [0.2, 0.25) is 0 Å². The van der Waals surface area contributed by atoms with Crippen molar-refractivity contribution in [3.63, 3.8) is 0 Å². The van der Waals surface area contributed by atoms with E-state index >= 15 is 0 Å². The first kappa shape index (κ1) is 15.2. The van der Waals surface area contributed by atoms with Crippen molar-refractivity contribution in [2.24, 2.45) is 0 Å². The van der Waals surface area contributed by atoms with Crippen molar-refractivity contribution in [3.8, 4) is 11.3 Å². The minimum atomic E-state index is -0.846. The lowest BCUT2D eigenvalue weighted by atomic mass is 10.1. The zero-order valence-electron chi connectivity index (χ0n) is 13.1. The highest BCUT2D eigenvalue weighted by molar-refractivity contribution is 5.99. The Morgan fingerprint density at radius 2 is 2.00 bits per heavy atom. The molecule has 0 spiro atoms. The molecule has 23 heavy (non-hydrogen) atoms. The lowest BCUT2D eigenvalue weighted by Gasteiger charge is -2.14. The highest BCUT2D eigenvalue weighted by atomic mass is 16.5. The minimum Gasteiger partial charge on any atom is -0.467 e. The quantitative estimate of drug-likeness (QED) is 0.881. The van der Waals surface area contributed by atoms with Gasteiger partial charge in [0.05, 0.1) is 18.4 Å². The summed E-state index contributed by atoms with van der Waals surface area (Å²) in [6.07, 6.45) is 2.75. The van der Waals surface area contributed by atoms with Crippen LogP contribution in [0.15, 0.2) is 42.6 Å². The summed E-state index contributed by atoms with van der Waals surface area (Å²) in [6.45, 7) is 2.02. The Hall–Kier alpha value is -2.69. The summed E-state index contributed by atoms with van der Waals surface area (Å²) in [5, 5.41) is 2.75. The molecule has 5 heteroatoms. The molecule has 1 aromatic carbocycles. The van der Waals surface area contributed by atoms with E-state index in [0.717, 1.165) is 16.8 Å². The SMILES string of the molecule is COC(=O)C1(NC(=O)c2ccc(-c3cccc(C)c3)nc2)CC1. The first-order valence-electron chi connectivity index (χ1n) is 7.48. The second-order valence-corrected chi connectivity index (χ2v) is 5.83. The van der Waals surface area contributed by atoms with E-state index in [1.165, 1.54) is 13.3 Å². The van der Waals surface area contributed by atoms with E-state index in [0.29, 0.717) is 18.4 Å². The summed E-state index contributed by atoms with van der Waals surface area (Å²) in [5.41, 5.74) is 2.54. The number of nitrogens with zero attached hydrogens (tertiary/aromatic N) is 1. The Morgan fingerprint density at radius 3 is 2.57 bits per heavy atom. The molecule has 1 aliphatic rings. The molecular weight excluding hydrogens is 292 g/mol. The van der Waals surface area contributed by atoms with Gasteiger partial charge >= 0.3 is 5.97 Å². The third-order valence-corrected chi connectivity index (χ3v) is 4.02. The van der Waals surface area contributed by atoms with E-state index < -0.39 is 11.5 Å². The molecule has 5 nitrogen and oxygen atoms in total. The van der Waals surface area contributed by atoms with Crippen molar-refractivity contribution >= 4 is 11.9 Å². The van der Waals surface area contributed by atoms with Crippen molar-refractivity contribution in [1.82, 2.24) is 10.3 Å². The van der Waals surface area contributed by atoms with Crippen molar-refractivity contribution in [1.29, 1.82) is 0 Å². The molecule has 0 unspecified atom stereocenters. The maximum absolute atomic E-state index is 12.3. The molecule has 0 aliphatic heterocycles. The van der Waals surface area contributed by atoms with Crippen LogP contribution in [0.25, 0.3) is 11.3 Å². The van der Waals surface area contributed by atoms with Gasteiger partial charge in [-0.15, -0.1) is 0 Å². The van der Waals surface area contributed by atoms with Gasteiger partial charge < -0.3 is 10.1 Å². The number of aromatic nitrogens is 1. The molecule has 3 rings (SSSR count). The van der Waals surface area contributed by atoms with Gasteiger partial charge in [0.15, 0.2) is 0 Å². The number of carbonyl (C=O) groups excluding carboxylic acids is 2. The maximum atomic E-state index is 12.3. The first-order valence-corrected chi connectivity index (χ1v) is 7.48. The molecule has 0 atom stereocenters. The molecule has 0 saturated heterocycles. The number of pyridine rings is 1. The van der Waals surface area contributed by atoms with E-state index in [4.69, 9.17) is 4.74 Å². The highest BCUT2D eigenvalue weighted by Gasteiger charge is 2.52. The van der Waals surface area contributed by atoms with Crippen LogP contribution in [0.3, 0.4) is 0 Å². The lowest BCUT2D eigenvalue weighted by molar-refractivity contribution is -0.144. The van der Waals surface area contributed by atoms with Crippen LogP contribution in [0.4, 0.5) is 0 Å². The topological polar surface area (TPSA) is 68.3 Å². The lowest BCUT2D eigenvalue weighted by Crippen LogP contribution is -2.43. The molecular formula is C18H18N2O3. The smallest absolute Gasteiger partial charge is 0.331 e. The number of ether oxygens (including phenoxy) is 1. The Labute approximate surface area is 134 Å². The summed E-state index contributed by atoms with van der Waals surface area (Å²) < 4.78 is 4.73. The molecule has 118 valence electrons. The average Bonchev–Trinajstić information content (AvgIpc) is 3.35. The monoisotopic (exact) mass is 310 g/mol. The number of rotatable bonds is 4. The van der Waals surface area contributed by atoms with Gasteiger partial charge in [-0.1, -0.05) is 23.8 Å². The van der Waals surface area contributed by atoms with Crippen LogP contribution < -0.4 is 5.32 Å². The predicted octanol–water partition coefficient (Wildman–Crippen LogP) is 2.49. The molecule has 1 aromatic heterocycles. The third-order valence-electron chi connectivity index (χ3n) is 4.02. The summed E-state index contributed by atoms with van der Waals surface area (Å²) in [7, 11) is 1.33. The third kappa shape index (κ3) is 3.08. The van der Waals surface area contributed by atoms with E-state index in [-0.39, 0.29) is 5.91 Å². The number of methoxy groups -OCH3 is 1. The molecule has 1 N–H and O–H groups in total. The van der Waals surface area contributed by atoms with Gasteiger partial charge in [-0.05, 0) is 38.0 Å². The Morgan fingerprint density at radius 1 is 1.22 bits per heavy atom. The van der Waals surface area contributed by atoms with Crippen LogP contribution in [0, 0.1) is 6.92 Å². The van der Waals surface area contributed by atoms with Crippen molar-refractivity contribution in [2.75, 3.05) is 7.11 Å². The summed E-state index contributed by atoms with van der Waals surface area (Å²) in [5.74, 6) is -0.702. The van der Waals surface area contributed by atoms with Crippen LogP contribution in [0.2, 0.25) is 0 Å². The molecule has 1 fully saturated rings. The van der Waals surface area contributed by atoms with Crippen molar-refractivity contribution in [3.05, 3.63) is 53.7 Å². The van der Waals surface area contributed by atoms with Crippen molar-refractivity contribution in [2.45, 2.75) is 25.3 Å². The second-order valence-electron chi connectivity index (χ2n) is 5.83. The van der Waals surface area contributed by atoms with Gasteiger partial charge in [0, 0.05) is 11.8 Å². The summed E-state index contributed by atoms with van der Waals surface area (Å²) >= 11 is 0. The standard InChI is InChI=1S/C18H18N2O3/c1-12-4-3-5-13(10-12)15-7-6-14(11-19-15)16(21)20-18(8-9-18)17(22)23-2/h3-7,10-11H,8-9H2,1-2H3,(H,20,21). The summed E-state index contributed by atoms with van der Waals surface area (Å²) in [6, 6.07) is 11.5. The van der Waals surface area contributed by atoms with Gasteiger partial charge in [-0.2, -0.15) is 0 Å². The molecule has 1 amide bonds. The van der Waals surface area contributed by atoms with Gasteiger partial charge in [-0.3, -0.25) is 9.78 Å². The van der Waals surface area contributed by atoms with E-state index in [1.54, 1.807) is 12.1 Å². The zero-order valence-corrected chi connectivity index (χ0v) is 13.1. The molecule has 1 aliphatic carbocycles. The average molecular weight is 310 g/mol. The van der Waals surface area contributed by atoms with Crippen LogP contribution in [0.1, 0.15) is 28.8 Å². The Kier molecular flexibility index (Phi) is 3.86. The number of nitrogens with one attached hydrogen (secondary N) is 1. The van der Waals surface area contributed by atoms with Gasteiger partial charge in [0.1, 0.15) is 5.54 Å². The van der Waals surface area contributed by atoms with E-state index in [9.17, 15) is 9.59 Å². The Bertz CT molecular complexity index is 749.